The Kier molecular flexibility index (Phi) is 4.91. The van der Waals surface area contributed by atoms with Gasteiger partial charge in [0.25, 0.3) is 0 Å². The summed E-state index contributed by atoms with van der Waals surface area (Å²) < 4.78 is 14.6. The smallest absolute Gasteiger partial charge is 0.129 e. The third kappa shape index (κ3) is 3.25. The Bertz CT molecular complexity index is 994. The Morgan fingerprint density at radius 3 is 2.64 bits per heavy atom. The Morgan fingerprint density at radius 1 is 0.929 bits per heavy atom. The summed E-state index contributed by atoms with van der Waals surface area (Å²) in [5.74, 6) is 1.81. The minimum atomic E-state index is 0.509. The molecule has 3 heterocycles. The highest BCUT2D eigenvalue weighted by molar-refractivity contribution is 6.30. The number of halogens is 1. The fourth-order valence-electron chi connectivity index (χ4n) is 4.60. The van der Waals surface area contributed by atoms with E-state index < -0.39 is 0 Å². The SMILES string of the molecule is Clc1ccc(OCCOc2ccc3c4c2c2c(n4CCC3)CCNCC2)cc1. The molecule has 146 valence electrons. The van der Waals surface area contributed by atoms with Crippen LogP contribution in [0.1, 0.15) is 23.2 Å². The minimum absolute atomic E-state index is 0.509. The van der Waals surface area contributed by atoms with Crippen LogP contribution in [-0.4, -0.2) is 30.9 Å². The zero-order valence-electron chi connectivity index (χ0n) is 16.0. The Labute approximate surface area is 170 Å². The van der Waals surface area contributed by atoms with E-state index in [1.165, 1.54) is 34.1 Å². The molecule has 0 aliphatic carbocycles. The van der Waals surface area contributed by atoms with Crippen molar-refractivity contribution in [3.63, 3.8) is 0 Å². The molecule has 2 aliphatic heterocycles. The summed E-state index contributed by atoms with van der Waals surface area (Å²) in [6.45, 7) is 4.26. The molecule has 0 unspecified atom stereocenters. The molecule has 3 aromatic rings. The molecular weight excluding hydrogens is 372 g/mol. The van der Waals surface area contributed by atoms with E-state index in [1.807, 2.05) is 24.3 Å². The summed E-state index contributed by atoms with van der Waals surface area (Å²) >= 11 is 5.92. The predicted molar refractivity (Wildman–Crippen MR) is 113 cm³/mol. The molecule has 28 heavy (non-hydrogen) atoms. The van der Waals surface area contributed by atoms with Crippen LogP contribution in [0, 0.1) is 0 Å². The second kappa shape index (κ2) is 7.69. The number of nitrogens with zero attached hydrogens (tertiary/aromatic N) is 1. The van der Waals surface area contributed by atoms with E-state index >= 15 is 0 Å². The van der Waals surface area contributed by atoms with Crippen LogP contribution in [0.25, 0.3) is 10.9 Å². The van der Waals surface area contributed by atoms with Gasteiger partial charge in [-0.25, -0.2) is 0 Å². The maximum absolute atomic E-state index is 6.22. The Balaban J connectivity index is 1.40. The van der Waals surface area contributed by atoms with E-state index in [1.54, 1.807) is 0 Å². The quantitative estimate of drug-likeness (QED) is 0.650. The number of benzene rings is 2. The van der Waals surface area contributed by atoms with E-state index in [2.05, 4.69) is 22.0 Å². The van der Waals surface area contributed by atoms with Gasteiger partial charge in [-0.15, -0.1) is 0 Å². The highest BCUT2D eigenvalue weighted by Gasteiger charge is 2.25. The third-order valence-electron chi connectivity index (χ3n) is 5.81. The highest BCUT2D eigenvalue weighted by Crippen LogP contribution is 2.39. The molecule has 0 spiro atoms. The van der Waals surface area contributed by atoms with Crippen LogP contribution in [0.4, 0.5) is 0 Å². The molecule has 0 atom stereocenters. The van der Waals surface area contributed by atoms with Gasteiger partial charge in [0, 0.05) is 35.6 Å². The summed E-state index contributed by atoms with van der Waals surface area (Å²) in [6.07, 6.45) is 4.56. The summed E-state index contributed by atoms with van der Waals surface area (Å²) in [4.78, 5) is 0. The minimum Gasteiger partial charge on any atom is -0.490 e. The zero-order valence-corrected chi connectivity index (χ0v) is 16.7. The van der Waals surface area contributed by atoms with Gasteiger partial charge < -0.3 is 19.4 Å². The van der Waals surface area contributed by atoms with Crippen molar-refractivity contribution in [1.82, 2.24) is 9.88 Å². The number of nitrogens with one attached hydrogen (secondary N) is 1. The second-order valence-corrected chi connectivity index (χ2v) is 7.96. The lowest BCUT2D eigenvalue weighted by atomic mass is 10.0. The fourth-order valence-corrected chi connectivity index (χ4v) is 4.72. The van der Waals surface area contributed by atoms with E-state index in [0.717, 1.165) is 50.4 Å². The number of hydrogen-bond acceptors (Lipinski definition) is 3. The van der Waals surface area contributed by atoms with Gasteiger partial charge in [0.15, 0.2) is 0 Å². The maximum Gasteiger partial charge on any atom is 0.129 e. The molecule has 4 nitrogen and oxygen atoms in total. The lowest BCUT2D eigenvalue weighted by molar-refractivity contribution is 0.218. The normalized spacial score (nSPS) is 15.9. The summed E-state index contributed by atoms with van der Waals surface area (Å²) in [7, 11) is 0. The Morgan fingerprint density at radius 2 is 1.75 bits per heavy atom. The van der Waals surface area contributed by atoms with Gasteiger partial charge in [0.05, 0.1) is 5.52 Å². The number of ether oxygens (including phenoxy) is 2. The maximum atomic E-state index is 6.22. The van der Waals surface area contributed by atoms with Gasteiger partial charge in [-0.1, -0.05) is 17.7 Å². The van der Waals surface area contributed by atoms with E-state index in [0.29, 0.717) is 18.2 Å². The molecule has 2 aromatic carbocycles. The first-order chi connectivity index (χ1) is 13.8. The van der Waals surface area contributed by atoms with Crippen molar-refractivity contribution in [3.8, 4) is 11.5 Å². The molecule has 1 aromatic heterocycles. The first-order valence-corrected chi connectivity index (χ1v) is 10.6. The van der Waals surface area contributed by atoms with Crippen molar-refractivity contribution in [2.75, 3.05) is 26.3 Å². The lowest BCUT2D eigenvalue weighted by Crippen LogP contribution is -2.18. The number of fused-ring (bicyclic) bond motifs is 3. The highest BCUT2D eigenvalue weighted by atomic mass is 35.5. The van der Waals surface area contributed by atoms with Crippen LogP contribution in [0.5, 0.6) is 11.5 Å². The number of aromatic nitrogens is 1. The van der Waals surface area contributed by atoms with Crippen LogP contribution < -0.4 is 14.8 Å². The molecule has 0 bridgehead atoms. The van der Waals surface area contributed by atoms with E-state index in [9.17, 15) is 0 Å². The molecule has 0 fully saturated rings. The van der Waals surface area contributed by atoms with Crippen LogP contribution in [0.3, 0.4) is 0 Å². The van der Waals surface area contributed by atoms with Crippen LogP contribution in [-0.2, 0) is 25.8 Å². The molecule has 0 radical (unpaired) electrons. The average molecular weight is 397 g/mol. The molecule has 0 saturated heterocycles. The van der Waals surface area contributed by atoms with Crippen molar-refractivity contribution < 1.29 is 9.47 Å². The van der Waals surface area contributed by atoms with Crippen molar-refractivity contribution in [1.29, 1.82) is 0 Å². The van der Waals surface area contributed by atoms with Crippen molar-refractivity contribution in [2.45, 2.75) is 32.2 Å². The standard InChI is InChI=1S/C23H25ClN2O2/c24-17-4-6-18(7-5-17)27-14-15-28-21-8-3-16-2-1-13-26-20-10-12-25-11-9-19(20)22(21)23(16)26/h3-8,25H,1-2,9-15H2. The van der Waals surface area contributed by atoms with Crippen molar-refractivity contribution >= 4 is 22.5 Å². The van der Waals surface area contributed by atoms with Gasteiger partial charge in [0.1, 0.15) is 24.7 Å². The number of aryl methyl sites for hydroxylation is 2. The largest absolute Gasteiger partial charge is 0.490 e. The lowest BCUT2D eigenvalue weighted by Gasteiger charge is -2.19. The molecule has 2 aliphatic rings. The van der Waals surface area contributed by atoms with Gasteiger partial charge in [-0.3, -0.25) is 0 Å². The molecule has 0 saturated carbocycles. The first-order valence-electron chi connectivity index (χ1n) is 10.2. The first kappa shape index (κ1) is 17.9. The van der Waals surface area contributed by atoms with Crippen LogP contribution in [0.15, 0.2) is 36.4 Å². The second-order valence-electron chi connectivity index (χ2n) is 7.53. The monoisotopic (exact) mass is 396 g/mol. The topological polar surface area (TPSA) is 35.4 Å². The van der Waals surface area contributed by atoms with Gasteiger partial charge >= 0.3 is 0 Å². The number of rotatable bonds is 5. The molecular formula is C23H25ClN2O2. The van der Waals surface area contributed by atoms with Gasteiger partial charge in [-0.2, -0.15) is 0 Å². The third-order valence-corrected chi connectivity index (χ3v) is 6.06. The Hall–Kier alpha value is -2.17. The molecule has 5 heteroatoms. The fraction of sp³-hybridized carbons (Fsp3) is 0.391. The van der Waals surface area contributed by atoms with E-state index in [-0.39, 0.29) is 0 Å². The van der Waals surface area contributed by atoms with Gasteiger partial charge in [-0.05, 0) is 67.3 Å². The van der Waals surface area contributed by atoms with Gasteiger partial charge in [0.2, 0.25) is 0 Å². The molecule has 1 N–H and O–H groups in total. The summed E-state index contributed by atoms with van der Waals surface area (Å²) in [5.41, 5.74) is 5.87. The summed E-state index contributed by atoms with van der Waals surface area (Å²) in [5, 5.41) is 5.59. The number of hydrogen-bond donors (Lipinski definition) is 1. The van der Waals surface area contributed by atoms with Crippen molar-refractivity contribution in [3.05, 3.63) is 58.2 Å². The zero-order chi connectivity index (χ0) is 18.9. The van der Waals surface area contributed by atoms with E-state index in [4.69, 9.17) is 21.1 Å². The van der Waals surface area contributed by atoms with Crippen LogP contribution in [0.2, 0.25) is 5.02 Å². The average Bonchev–Trinajstić information content (AvgIpc) is 2.88. The van der Waals surface area contributed by atoms with Crippen LogP contribution >= 0.6 is 11.6 Å². The molecule has 0 amide bonds. The summed E-state index contributed by atoms with van der Waals surface area (Å²) in [6, 6.07) is 11.9. The van der Waals surface area contributed by atoms with Crippen molar-refractivity contribution in [2.24, 2.45) is 0 Å². The predicted octanol–water partition coefficient (Wildman–Crippen LogP) is 4.39. The molecule has 5 rings (SSSR count).